The normalized spacial score (nSPS) is 13.6. The minimum atomic E-state index is -0.468. The van der Waals surface area contributed by atoms with Gasteiger partial charge in [-0.05, 0) is 29.8 Å². The largest absolute Gasteiger partial charge is 0.364 e. The minimum absolute atomic E-state index is 0.176. The third-order valence-electron chi connectivity index (χ3n) is 4.17. The molecule has 0 spiro atoms. The molecular weight excluding hydrogens is 335 g/mol. The van der Waals surface area contributed by atoms with Crippen LogP contribution in [0.4, 0.5) is 14.9 Å². The number of rotatable bonds is 4. The second-order valence-corrected chi connectivity index (χ2v) is 5.86. The molecule has 7 heteroatoms. The van der Waals surface area contributed by atoms with E-state index in [1.807, 2.05) is 36.4 Å². The van der Waals surface area contributed by atoms with E-state index in [2.05, 4.69) is 4.98 Å². The topological polar surface area (TPSA) is 60.1 Å². The van der Waals surface area contributed by atoms with Gasteiger partial charge in [0.1, 0.15) is 5.82 Å². The molecule has 2 aromatic carbocycles. The average Bonchev–Trinajstić information content (AvgIpc) is 3.13. The van der Waals surface area contributed by atoms with Crippen molar-refractivity contribution in [1.82, 2.24) is 14.3 Å². The predicted molar refractivity (Wildman–Crippen MR) is 95.3 cm³/mol. The lowest BCUT2D eigenvalue weighted by Crippen LogP contribution is -2.33. The summed E-state index contributed by atoms with van der Waals surface area (Å²) < 4.78 is 15.7. The van der Waals surface area contributed by atoms with Crippen molar-refractivity contribution in [3.8, 4) is 0 Å². The molecule has 1 aliphatic heterocycles. The van der Waals surface area contributed by atoms with Crippen molar-refractivity contribution in [2.75, 3.05) is 4.90 Å². The second kappa shape index (κ2) is 6.44. The molecule has 0 unspecified atom stereocenters. The van der Waals surface area contributed by atoms with Crippen LogP contribution in [-0.2, 0) is 13.1 Å². The summed E-state index contributed by atoms with van der Waals surface area (Å²) in [4.78, 5) is 30.2. The summed E-state index contributed by atoms with van der Waals surface area (Å²) in [5.41, 5.74) is 1.09. The van der Waals surface area contributed by atoms with E-state index in [-0.39, 0.29) is 24.9 Å². The molecule has 4 rings (SSSR count). The lowest BCUT2D eigenvalue weighted by atomic mass is 10.2. The molecule has 0 aliphatic carbocycles. The number of carbonyl (C=O) groups is 1. The zero-order valence-electron chi connectivity index (χ0n) is 13.7. The number of hydrogen-bond donors (Lipinski definition) is 0. The molecular formula is C19H15FN4O2. The van der Waals surface area contributed by atoms with E-state index in [9.17, 15) is 14.0 Å². The van der Waals surface area contributed by atoms with Gasteiger partial charge in [0.15, 0.2) is 5.82 Å². The van der Waals surface area contributed by atoms with Crippen LogP contribution in [0.5, 0.6) is 0 Å². The summed E-state index contributed by atoms with van der Waals surface area (Å²) in [7, 11) is 0. The van der Waals surface area contributed by atoms with Crippen molar-refractivity contribution >= 4 is 17.8 Å². The van der Waals surface area contributed by atoms with Crippen molar-refractivity contribution in [3.05, 3.63) is 88.4 Å². The molecule has 0 radical (unpaired) electrons. The Hall–Kier alpha value is -3.48. The number of benzene rings is 2. The number of allylic oxidation sites excluding steroid dienone is 1. The Labute approximate surface area is 148 Å². The van der Waals surface area contributed by atoms with Crippen molar-refractivity contribution < 1.29 is 9.18 Å². The maximum atomic E-state index is 13.1. The van der Waals surface area contributed by atoms with E-state index in [1.54, 1.807) is 6.08 Å². The summed E-state index contributed by atoms with van der Waals surface area (Å²) in [6.45, 7) is 0.402. The standard InChI is InChI=1S/C19H15FN4O2/c20-15-8-10-16(11-9-15)22-13-17-21-18(25)23(24(17)19(22)26)12-4-7-14-5-2-1-3-6-14/h1-11H,12-13H2. The van der Waals surface area contributed by atoms with Crippen molar-refractivity contribution in [3.63, 3.8) is 0 Å². The first-order valence-electron chi connectivity index (χ1n) is 8.11. The molecule has 1 aromatic heterocycles. The molecule has 0 bridgehead atoms. The third kappa shape index (κ3) is 2.83. The number of fused-ring (bicyclic) bond motifs is 1. The summed E-state index contributed by atoms with van der Waals surface area (Å²) in [5, 5.41) is 0. The summed E-state index contributed by atoms with van der Waals surface area (Å²) in [5.74, 6) is -0.00136. The van der Waals surface area contributed by atoms with Gasteiger partial charge in [0, 0.05) is 5.69 Å². The highest BCUT2D eigenvalue weighted by molar-refractivity contribution is 5.95. The number of aromatic nitrogens is 3. The molecule has 1 amide bonds. The van der Waals surface area contributed by atoms with E-state index < -0.39 is 5.69 Å². The van der Waals surface area contributed by atoms with Crippen LogP contribution in [0.1, 0.15) is 11.4 Å². The first-order chi connectivity index (χ1) is 12.6. The van der Waals surface area contributed by atoms with Gasteiger partial charge in [-0.2, -0.15) is 9.67 Å². The molecule has 130 valence electrons. The monoisotopic (exact) mass is 350 g/mol. The molecule has 26 heavy (non-hydrogen) atoms. The molecule has 1 aliphatic rings. The van der Waals surface area contributed by atoms with E-state index in [0.717, 1.165) is 5.56 Å². The van der Waals surface area contributed by atoms with E-state index in [0.29, 0.717) is 11.5 Å². The fourth-order valence-electron chi connectivity index (χ4n) is 2.92. The third-order valence-corrected chi connectivity index (χ3v) is 4.17. The number of hydrogen-bond acceptors (Lipinski definition) is 3. The van der Waals surface area contributed by atoms with Crippen LogP contribution < -0.4 is 10.6 Å². The molecule has 0 saturated carbocycles. The highest BCUT2D eigenvalue weighted by atomic mass is 19.1. The van der Waals surface area contributed by atoms with Crippen LogP contribution in [0.25, 0.3) is 6.08 Å². The maximum Gasteiger partial charge on any atom is 0.364 e. The summed E-state index contributed by atoms with van der Waals surface area (Å²) >= 11 is 0. The Morgan fingerprint density at radius 2 is 1.77 bits per heavy atom. The molecule has 0 N–H and O–H groups in total. The van der Waals surface area contributed by atoms with Crippen LogP contribution in [-0.4, -0.2) is 20.4 Å². The Morgan fingerprint density at radius 1 is 1.04 bits per heavy atom. The van der Waals surface area contributed by atoms with Gasteiger partial charge in [0.25, 0.3) is 0 Å². The molecule has 3 aromatic rings. The van der Waals surface area contributed by atoms with Crippen LogP contribution in [0.15, 0.2) is 65.5 Å². The van der Waals surface area contributed by atoms with Gasteiger partial charge in [0.05, 0.1) is 13.1 Å². The molecule has 0 fully saturated rings. The zero-order chi connectivity index (χ0) is 18.1. The smallest absolute Gasteiger partial charge is 0.285 e. The van der Waals surface area contributed by atoms with Gasteiger partial charge < -0.3 is 0 Å². The van der Waals surface area contributed by atoms with Gasteiger partial charge in [-0.3, -0.25) is 4.90 Å². The van der Waals surface area contributed by atoms with Crippen molar-refractivity contribution in [2.24, 2.45) is 0 Å². The van der Waals surface area contributed by atoms with Crippen molar-refractivity contribution in [2.45, 2.75) is 13.1 Å². The SMILES string of the molecule is O=C1N(c2ccc(F)cc2)Cc2nc(=O)n(CC=Cc3ccccc3)n21. The predicted octanol–water partition coefficient (Wildman–Crippen LogP) is 2.89. The molecule has 6 nitrogen and oxygen atoms in total. The maximum absolute atomic E-state index is 13.1. The Kier molecular flexibility index (Phi) is 3.96. The van der Waals surface area contributed by atoms with Gasteiger partial charge in [-0.15, -0.1) is 0 Å². The summed E-state index contributed by atoms with van der Waals surface area (Å²) in [6, 6.07) is 14.9. The van der Waals surface area contributed by atoms with Crippen LogP contribution >= 0.6 is 0 Å². The lowest BCUT2D eigenvalue weighted by Gasteiger charge is -2.15. The summed E-state index contributed by atoms with van der Waals surface area (Å²) in [6.07, 6.45) is 3.68. The van der Waals surface area contributed by atoms with Crippen LogP contribution in [0.3, 0.4) is 0 Å². The number of amides is 1. The van der Waals surface area contributed by atoms with E-state index in [4.69, 9.17) is 0 Å². The first kappa shape index (κ1) is 16.0. The molecule has 0 atom stereocenters. The number of halogens is 1. The zero-order valence-corrected chi connectivity index (χ0v) is 13.7. The van der Waals surface area contributed by atoms with Gasteiger partial charge in [0.2, 0.25) is 0 Å². The van der Waals surface area contributed by atoms with Gasteiger partial charge in [-0.25, -0.2) is 18.7 Å². The highest BCUT2D eigenvalue weighted by Gasteiger charge is 2.32. The first-order valence-corrected chi connectivity index (χ1v) is 8.11. The van der Waals surface area contributed by atoms with E-state index in [1.165, 1.54) is 38.5 Å². The Morgan fingerprint density at radius 3 is 2.50 bits per heavy atom. The number of carbonyl (C=O) groups excluding carboxylic acids is 1. The fourth-order valence-corrected chi connectivity index (χ4v) is 2.92. The number of anilines is 1. The van der Waals surface area contributed by atoms with E-state index >= 15 is 0 Å². The Balaban J connectivity index is 1.59. The fraction of sp³-hybridized carbons (Fsp3) is 0.105. The minimum Gasteiger partial charge on any atom is -0.285 e. The number of nitrogens with zero attached hydrogens (tertiary/aromatic N) is 4. The van der Waals surface area contributed by atoms with Gasteiger partial charge in [-0.1, -0.05) is 42.5 Å². The average molecular weight is 350 g/mol. The Bertz CT molecular complexity index is 1040. The van der Waals surface area contributed by atoms with Crippen LogP contribution in [0, 0.1) is 5.82 Å². The molecule has 0 saturated heterocycles. The molecule has 2 heterocycles. The second-order valence-electron chi connectivity index (χ2n) is 5.86. The quantitative estimate of drug-likeness (QED) is 0.727. The van der Waals surface area contributed by atoms with Crippen molar-refractivity contribution in [1.29, 1.82) is 0 Å². The lowest BCUT2D eigenvalue weighted by molar-refractivity contribution is 0.244. The van der Waals surface area contributed by atoms with Crippen LogP contribution in [0.2, 0.25) is 0 Å². The van der Waals surface area contributed by atoms with Gasteiger partial charge >= 0.3 is 11.7 Å². The highest BCUT2D eigenvalue weighted by Crippen LogP contribution is 2.23.